The predicted molar refractivity (Wildman–Crippen MR) is 69.9 cm³/mol. The summed E-state index contributed by atoms with van der Waals surface area (Å²) in [6.45, 7) is 0. The fourth-order valence-corrected chi connectivity index (χ4v) is 2.43. The maximum atomic E-state index is 9.26. The Morgan fingerprint density at radius 2 is 1.78 bits per heavy atom. The SMILES string of the molecule is Cn1c2ccccc2c2c(C#N)cc(C#N)cc21. The Balaban J connectivity index is 2.65. The van der Waals surface area contributed by atoms with Crippen molar-refractivity contribution in [3.05, 3.63) is 47.5 Å². The number of para-hydroxylation sites is 1. The molecule has 3 aromatic rings. The average Bonchev–Trinajstić information content (AvgIpc) is 2.72. The van der Waals surface area contributed by atoms with Crippen LogP contribution in [0.1, 0.15) is 11.1 Å². The molecule has 0 unspecified atom stereocenters. The predicted octanol–water partition coefficient (Wildman–Crippen LogP) is 3.07. The zero-order valence-corrected chi connectivity index (χ0v) is 9.81. The maximum Gasteiger partial charge on any atom is 0.0999 e. The van der Waals surface area contributed by atoms with Gasteiger partial charge in [-0.1, -0.05) is 18.2 Å². The van der Waals surface area contributed by atoms with Crippen LogP contribution < -0.4 is 0 Å². The molecule has 0 spiro atoms. The van der Waals surface area contributed by atoms with Crippen LogP contribution in [-0.2, 0) is 7.05 Å². The molecule has 0 radical (unpaired) electrons. The molecule has 1 heterocycles. The van der Waals surface area contributed by atoms with E-state index in [1.165, 1.54) is 0 Å². The van der Waals surface area contributed by atoms with Crippen molar-refractivity contribution < 1.29 is 0 Å². The van der Waals surface area contributed by atoms with E-state index in [2.05, 4.69) is 12.1 Å². The molecule has 0 atom stereocenters. The number of aryl methyl sites for hydroxylation is 1. The van der Waals surface area contributed by atoms with Crippen molar-refractivity contribution in [2.45, 2.75) is 0 Å². The van der Waals surface area contributed by atoms with Gasteiger partial charge in [0, 0.05) is 23.3 Å². The van der Waals surface area contributed by atoms with Gasteiger partial charge in [-0.15, -0.1) is 0 Å². The summed E-state index contributed by atoms with van der Waals surface area (Å²) in [6.07, 6.45) is 0. The van der Waals surface area contributed by atoms with Crippen molar-refractivity contribution >= 4 is 21.8 Å². The third kappa shape index (κ3) is 1.22. The number of fused-ring (bicyclic) bond motifs is 3. The van der Waals surface area contributed by atoms with Crippen LogP contribution in [0.2, 0.25) is 0 Å². The molecule has 84 valence electrons. The highest BCUT2D eigenvalue weighted by Crippen LogP contribution is 2.31. The van der Waals surface area contributed by atoms with Gasteiger partial charge in [0.1, 0.15) is 0 Å². The molecule has 0 aliphatic heterocycles. The Morgan fingerprint density at radius 1 is 1.00 bits per heavy atom. The van der Waals surface area contributed by atoms with Crippen molar-refractivity contribution in [2.75, 3.05) is 0 Å². The molecule has 0 saturated carbocycles. The molecule has 0 fully saturated rings. The van der Waals surface area contributed by atoms with Gasteiger partial charge in [0.05, 0.1) is 28.8 Å². The lowest BCUT2D eigenvalue weighted by atomic mass is 10.0. The zero-order chi connectivity index (χ0) is 12.7. The number of nitriles is 2. The summed E-state index contributed by atoms with van der Waals surface area (Å²) < 4.78 is 2.02. The molecule has 0 N–H and O–H groups in total. The molecular formula is C15H9N3. The Morgan fingerprint density at radius 3 is 2.50 bits per heavy atom. The van der Waals surface area contributed by atoms with Gasteiger partial charge in [-0.25, -0.2) is 0 Å². The van der Waals surface area contributed by atoms with Crippen molar-refractivity contribution in [3.8, 4) is 12.1 Å². The van der Waals surface area contributed by atoms with Crippen molar-refractivity contribution in [1.29, 1.82) is 10.5 Å². The molecule has 0 saturated heterocycles. The molecule has 0 amide bonds. The maximum absolute atomic E-state index is 9.26. The lowest BCUT2D eigenvalue weighted by Gasteiger charge is -1.99. The van der Waals surface area contributed by atoms with E-state index >= 15 is 0 Å². The summed E-state index contributed by atoms with van der Waals surface area (Å²) in [4.78, 5) is 0. The van der Waals surface area contributed by atoms with Crippen molar-refractivity contribution in [2.24, 2.45) is 7.05 Å². The van der Waals surface area contributed by atoms with Crippen LogP contribution in [0.5, 0.6) is 0 Å². The number of benzene rings is 2. The molecule has 2 aromatic carbocycles. The molecular weight excluding hydrogens is 222 g/mol. The second-order valence-electron chi connectivity index (χ2n) is 4.22. The summed E-state index contributed by atoms with van der Waals surface area (Å²) in [5, 5.41) is 20.2. The van der Waals surface area contributed by atoms with E-state index in [0.717, 1.165) is 21.8 Å². The summed E-state index contributed by atoms with van der Waals surface area (Å²) >= 11 is 0. The number of aromatic nitrogens is 1. The van der Waals surface area contributed by atoms with E-state index in [-0.39, 0.29) is 0 Å². The first-order valence-corrected chi connectivity index (χ1v) is 5.57. The largest absolute Gasteiger partial charge is 0.344 e. The second-order valence-corrected chi connectivity index (χ2v) is 4.22. The van der Waals surface area contributed by atoms with Crippen molar-refractivity contribution in [1.82, 2.24) is 4.57 Å². The second kappa shape index (κ2) is 3.61. The quantitative estimate of drug-likeness (QED) is 0.597. The van der Waals surface area contributed by atoms with Gasteiger partial charge in [-0.2, -0.15) is 10.5 Å². The number of hydrogen-bond acceptors (Lipinski definition) is 2. The summed E-state index contributed by atoms with van der Waals surface area (Å²) in [5.74, 6) is 0. The van der Waals surface area contributed by atoms with Gasteiger partial charge in [0.25, 0.3) is 0 Å². The summed E-state index contributed by atoms with van der Waals surface area (Å²) in [7, 11) is 1.95. The Bertz CT molecular complexity index is 857. The third-order valence-electron chi connectivity index (χ3n) is 3.26. The smallest absolute Gasteiger partial charge is 0.0999 e. The van der Waals surface area contributed by atoms with Crippen LogP contribution in [0.4, 0.5) is 0 Å². The molecule has 3 heteroatoms. The summed E-state index contributed by atoms with van der Waals surface area (Å²) in [5.41, 5.74) is 3.07. The topological polar surface area (TPSA) is 52.5 Å². The highest BCUT2D eigenvalue weighted by Gasteiger charge is 2.12. The first kappa shape index (κ1) is 10.4. The average molecular weight is 231 g/mol. The van der Waals surface area contributed by atoms with Gasteiger partial charge in [-0.05, 0) is 18.2 Å². The van der Waals surface area contributed by atoms with E-state index in [4.69, 9.17) is 5.26 Å². The van der Waals surface area contributed by atoms with Crippen LogP contribution in [0, 0.1) is 22.7 Å². The van der Waals surface area contributed by atoms with Crippen LogP contribution in [0.25, 0.3) is 21.8 Å². The number of nitrogens with zero attached hydrogens (tertiary/aromatic N) is 3. The lowest BCUT2D eigenvalue weighted by molar-refractivity contribution is 1.01. The summed E-state index contributed by atoms with van der Waals surface area (Å²) in [6, 6.07) is 15.7. The highest BCUT2D eigenvalue weighted by molar-refractivity contribution is 6.10. The zero-order valence-electron chi connectivity index (χ0n) is 9.81. The Labute approximate surface area is 104 Å². The molecule has 0 aliphatic rings. The van der Waals surface area contributed by atoms with E-state index in [9.17, 15) is 5.26 Å². The number of hydrogen-bond donors (Lipinski definition) is 0. The van der Waals surface area contributed by atoms with E-state index in [0.29, 0.717) is 11.1 Å². The normalized spacial score (nSPS) is 10.4. The third-order valence-corrected chi connectivity index (χ3v) is 3.26. The molecule has 18 heavy (non-hydrogen) atoms. The first-order chi connectivity index (χ1) is 8.76. The van der Waals surface area contributed by atoms with Gasteiger partial charge >= 0.3 is 0 Å². The van der Waals surface area contributed by atoms with Gasteiger partial charge in [0.15, 0.2) is 0 Å². The van der Waals surface area contributed by atoms with E-state index in [1.54, 1.807) is 6.07 Å². The Kier molecular flexibility index (Phi) is 2.08. The van der Waals surface area contributed by atoms with Gasteiger partial charge in [-0.3, -0.25) is 0 Å². The monoisotopic (exact) mass is 231 g/mol. The van der Waals surface area contributed by atoms with Crippen LogP contribution in [-0.4, -0.2) is 4.57 Å². The molecule has 0 aliphatic carbocycles. The molecule has 1 aromatic heterocycles. The fourth-order valence-electron chi connectivity index (χ4n) is 2.43. The minimum Gasteiger partial charge on any atom is -0.344 e. The van der Waals surface area contributed by atoms with Crippen LogP contribution >= 0.6 is 0 Å². The lowest BCUT2D eigenvalue weighted by Crippen LogP contribution is -1.88. The van der Waals surface area contributed by atoms with Crippen LogP contribution in [0.3, 0.4) is 0 Å². The van der Waals surface area contributed by atoms with E-state index < -0.39 is 0 Å². The standard InChI is InChI=1S/C15H9N3/c1-18-13-5-3-2-4-12(13)15-11(9-17)6-10(8-16)7-14(15)18/h2-7H,1H3. The first-order valence-electron chi connectivity index (χ1n) is 5.57. The van der Waals surface area contributed by atoms with Crippen LogP contribution in [0.15, 0.2) is 36.4 Å². The molecule has 0 bridgehead atoms. The molecule has 3 nitrogen and oxygen atoms in total. The number of rotatable bonds is 0. The highest BCUT2D eigenvalue weighted by atomic mass is 14.9. The van der Waals surface area contributed by atoms with E-state index in [1.807, 2.05) is 41.9 Å². The van der Waals surface area contributed by atoms with Crippen molar-refractivity contribution in [3.63, 3.8) is 0 Å². The van der Waals surface area contributed by atoms with Gasteiger partial charge < -0.3 is 4.57 Å². The fraction of sp³-hybridized carbons (Fsp3) is 0.0667. The molecule has 3 rings (SSSR count). The Hall–Kier alpha value is -2.78. The van der Waals surface area contributed by atoms with Gasteiger partial charge in [0.2, 0.25) is 0 Å². The minimum absolute atomic E-state index is 0.518. The minimum atomic E-state index is 0.518.